The molecule has 0 aliphatic carbocycles. The van der Waals surface area contributed by atoms with E-state index >= 15 is 0 Å². The van der Waals surface area contributed by atoms with Crippen LogP contribution in [-0.4, -0.2) is 6.54 Å². The summed E-state index contributed by atoms with van der Waals surface area (Å²) < 4.78 is 0. The van der Waals surface area contributed by atoms with E-state index in [2.05, 4.69) is 37.4 Å². The van der Waals surface area contributed by atoms with Crippen molar-refractivity contribution in [3.63, 3.8) is 0 Å². The molecule has 1 aliphatic rings. The van der Waals surface area contributed by atoms with E-state index in [-0.39, 0.29) is 0 Å². The van der Waals surface area contributed by atoms with Crippen LogP contribution in [0.3, 0.4) is 0 Å². The average molecular weight is 189 g/mol. The van der Waals surface area contributed by atoms with Crippen molar-refractivity contribution in [2.75, 3.05) is 6.54 Å². The van der Waals surface area contributed by atoms with Crippen LogP contribution in [0, 0.1) is 0 Å². The van der Waals surface area contributed by atoms with Crippen LogP contribution in [0.4, 0.5) is 0 Å². The second-order valence-electron chi connectivity index (χ2n) is 4.09. The molecule has 76 valence electrons. The second-order valence-corrected chi connectivity index (χ2v) is 4.09. The monoisotopic (exact) mass is 189 g/mol. The maximum atomic E-state index is 3.46. The molecule has 0 saturated carbocycles. The van der Waals surface area contributed by atoms with Gasteiger partial charge in [0.2, 0.25) is 0 Å². The van der Waals surface area contributed by atoms with Crippen molar-refractivity contribution in [2.45, 2.75) is 39.2 Å². The summed E-state index contributed by atoms with van der Waals surface area (Å²) in [6.45, 7) is 5.64. The number of benzene rings is 1. The van der Waals surface area contributed by atoms with Crippen molar-refractivity contribution < 1.29 is 0 Å². The summed E-state index contributed by atoms with van der Waals surface area (Å²) in [7, 11) is 0. The van der Waals surface area contributed by atoms with Gasteiger partial charge in [-0.2, -0.15) is 0 Å². The molecule has 1 saturated heterocycles. The Morgan fingerprint density at radius 2 is 1.71 bits per heavy atom. The molecule has 0 radical (unpaired) electrons. The van der Waals surface area contributed by atoms with E-state index in [0.717, 1.165) is 12.8 Å². The lowest BCUT2D eigenvalue weighted by Gasteiger charge is -2.28. The smallest absolute Gasteiger partial charge is 0.0332 e. The van der Waals surface area contributed by atoms with Crippen LogP contribution in [0.2, 0.25) is 0 Å². The molecular weight excluding hydrogens is 170 g/mol. The SMILES string of the molecule is CCc1cc(CC)cc(C2CCN2)c1. The predicted octanol–water partition coefficient (Wildman–Crippen LogP) is 2.85. The largest absolute Gasteiger partial charge is 0.310 e. The average Bonchev–Trinajstić information content (AvgIpc) is 2.14. The molecule has 1 N–H and O–H groups in total. The van der Waals surface area contributed by atoms with E-state index < -0.39 is 0 Å². The molecule has 1 fully saturated rings. The Morgan fingerprint density at radius 3 is 2.07 bits per heavy atom. The Kier molecular flexibility index (Phi) is 2.87. The third-order valence-electron chi connectivity index (χ3n) is 3.12. The zero-order chi connectivity index (χ0) is 9.97. The van der Waals surface area contributed by atoms with Gasteiger partial charge in [-0.25, -0.2) is 0 Å². The molecule has 1 nitrogen and oxygen atoms in total. The highest BCUT2D eigenvalue weighted by molar-refractivity contribution is 5.33. The molecule has 1 aromatic rings. The molecule has 0 spiro atoms. The topological polar surface area (TPSA) is 12.0 Å². The highest BCUT2D eigenvalue weighted by Gasteiger charge is 2.18. The van der Waals surface area contributed by atoms with Gasteiger partial charge in [0.05, 0.1) is 0 Å². The van der Waals surface area contributed by atoms with Crippen LogP contribution in [0.15, 0.2) is 18.2 Å². The Hall–Kier alpha value is -0.820. The van der Waals surface area contributed by atoms with Crippen molar-refractivity contribution >= 4 is 0 Å². The fourth-order valence-corrected chi connectivity index (χ4v) is 1.97. The summed E-state index contributed by atoms with van der Waals surface area (Å²) in [5.41, 5.74) is 4.45. The van der Waals surface area contributed by atoms with E-state index in [4.69, 9.17) is 0 Å². The van der Waals surface area contributed by atoms with Crippen LogP contribution in [0.25, 0.3) is 0 Å². The fourth-order valence-electron chi connectivity index (χ4n) is 1.97. The number of hydrogen-bond donors (Lipinski definition) is 1. The molecule has 2 rings (SSSR count). The fraction of sp³-hybridized carbons (Fsp3) is 0.538. The molecule has 0 amide bonds. The Bertz CT molecular complexity index is 291. The van der Waals surface area contributed by atoms with Crippen molar-refractivity contribution in [3.05, 3.63) is 34.9 Å². The molecule has 1 unspecified atom stereocenters. The Morgan fingerprint density at radius 1 is 1.14 bits per heavy atom. The molecule has 1 heteroatoms. The van der Waals surface area contributed by atoms with Gasteiger partial charge in [0.15, 0.2) is 0 Å². The molecule has 1 aromatic carbocycles. The van der Waals surface area contributed by atoms with Gasteiger partial charge in [0, 0.05) is 6.04 Å². The summed E-state index contributed by atoms with van der Waals surface area (Å²) in [6, 6.07) is 7.68. The number of nitrogens with one attached hydrogen (secondary N) is 1. The first kappa shape index (κ1) is 9.72. The zero-order valence-electron chi connectivity index (χ0n) is 9.14. The number of rotatable bonds is 3. The third kappa shape index (κ3) is 1.83. The highest BCUT2D eigenvalue weighted by Crippen LogP contribution is 2.25. The lowest BCUT2D eigenvalue weighted by molar-refractivity contribution is 0.383. The van der Waals surface area contributed by atoms with E-state index in [1.54, 1.807) is 0 Å². The van der Waals surface area contributed by atoms with Crippen LogP contribution >= 0.6 is 0 Å². The van der Waals surface area contributed by atoms with Crippen LogP contribution in [0.5, 0.6) is 0 Å². The minimum atomic E-state index is 0.631. The molecule has 14 heavy (non-hydrogen) atoms. The number of hydrogen-bond acceptors (Lipinski definition) is 1. The normalized spacial score (nSPS) is 20.6. The summed E-state index contributed by atoms with van der Waals surface area (Å²) in [5.74, 6) is 0. The highest BCUT2D eigenvalue weighted by atomic mass is 15.0. The standard InChI is InChI=1S/C13H19N/c1-3-10-7-11(4-2)9-12(8-10)13-5-6-14-13/h7-9,13-14H,3-6H2,1-2H3. The number of aryl methyl sites for hydroxylation is 2. The summed E-state index contributed by atoms with van der Waals surface area (Å²) >= 11 is 0. The third-order valence-corrected chi connectivity index (χ3v) is 3.12. The van der Waals surface area contributed by atoms with Gasteiger partial charge in [-0.3, -0.25) is 0 Å². The minimum absolute atomic E-state index is 0.631. The van der Waals surface area contributed by atoms with Gasteiger partial charge in [-0.05, 0) is 42.5 Å². The molecule has 0 bridgehead atoms. The van der Waals surface area contributed by atoms with Crippen molar-refractivity contribution in [1.82, 2.24) is 5.32 Å². The van der Waals surface area contributed by atoms with Gasteiger partial charge < -0.3 is 5.32 Å². The van der Waals surface area contributed by atoms with Gasteiger partial charge >= 0.3 is 0 Å². The maximum absolute atomic E-state index is 3.46. The van der Waals surface area contributed by atoms with E-state index in [9.17, 15) is 0 Å². The lowest BCUT2D eigenvalue weighted by Crippen LogP contribution is -2.35. The summed E-state index contributed by atoms with van der Waals surface area (Å²) in [6.07, 6.45) is 3.59. The van der Waals surface area contributed by atoms with Crippen LogP contribution in [0.1, 0.15) is 43.0 Å². The van der Waals surface area contributed by atoms with Gasteiger partial charge in [0.1, 0.15) is 0 Å². The molecule has 1 atom stereocenters. The maximum Gasteiger partial charge on any atom is 0.0332 e. The van der Waals surface area contributed by atoms with Crippen LogP contribution in [-0.2, 0) is 12.8 Å². The Balaban J connectivity index is 2.28. The van der Waals surface area contributed by atoms with Gasteiger partial charge in [-0.1, -0.05) is 32.0 Å². The van der Waals surface area contributed by atoms with Crippen molar-refractivity contribution in [1.29, 1.82) is 0 Å². The molecular formula is C13H19N. The van der Waals surface area contributed by atoms with E-state index in [1.807, 2.05) is 0 Å². The second kappa shape index (κ2) is 4.14. The summed E-state index contributed by atoms with van der Waals surface area (Å²) in [5, 5.41) is 3.46. The quantitative estimate of drug-likeness (QED) is 0.771. The Labute approximate surface area is 86.5 Å². The van der Waals surface area contributed by atoms with E-state index in [0.29, 0.717) is 6.04 Å². The molecule has 0 aromatic heterocycles. The molecule has 1 aliphatic heterocycles. The van der Waals surface area contributed by atoms with Gasteiger partial charge in [-0.15, -0.1) is 0 Å². The lowest BCUT2D eigenvalue weighted by atomic mass is 9.93. The summed E-state index contributed by atoms with van der Waals surface area (Å²) in [4.78, 5) is 0. The zero-order valence-corrected chi connectivity index (χ0v) is 9.14. The minimum Gasteiger partial charge on any atom is -0.310 e. The van der Waals surface area contributed by atoms with Crippen molar-refractivity contribution in [3.8, 4) is 0 Å². The first-order valence-corrected chi connectivity index (χ1v) is 5.69. The first-order chi connectivity index (χ1) is 6.83. The molecule has 1 heterocycles. The van der Waals surface area contributed by atoms with Crippen molar-refractivity contribution in [2.24, 2.45) is 0 Å². The first-order valence-electron chi connectivity index (χ1n) is 5.69. The van der Waals surface area contributed by atoms with Gasteiger partial charge in [0.25, 0.3) is 0 Å². The predicted molar refractivity (Wildman–Crippen MR) is 60.6 cm³/mol. The van der Waals surface area contributed by atoms with Crippen LogP contribution < -0.4 is 5.32 Å². The van der Waals surface area contributed by atoms with E-state index in [1.165, 1.54) is 29.7 Å².